The van der Waals surface area contributed by atoms with E-state index in [1.54, 1.807) is 20.8 Å². The molecule has 1 aromatic heterocycles. The Morgan fingerprint density at radius 1 is 1.33 bits per heavy atom. The molecule has 2 aromatic rings. The Bertz CT molecular complexity index is 772. The molecule has 2 rings (SSSR count). The van der Waals surface area contributed by atoms with E-state index in [9.17, 15) is 14.0 Å². The third kappa shape index (κ3) is 3.64. The number of Topliss-reactive ketones (excluding diaryl/α,β-unsaturated/α-hetero) is 1. The summed E-state index contributed by atoms with van der Waals surface area (Å²) < 4.78 is 24.1. The summed E-state index contributed by atoms with van der Waals surface area (Å²) in [6.45, 7) is 6.26. The number of esters is 1. The number of aromatic nitrogens is 1. The summed E-state index contributed by atoms with van der Waals surface area (Å²) in [5, 5.41) is 3.81. The standard InChI is InChI=1S/C17H17ClFNO4/c1-9-13(16(22)23-8-12(21)17(2,3)4)15(20-24-9)14-10(18)6-5-7-11(14)19/h5-7H,8H2,1-4H3. The average Bonchev–Trinajstić information content (AvgIpc) is 2.85. The molecule has 7 heteroatoms. The third-order valence-electron chi connectivity index (χ3n) is 3.44. The van der Waals surface area contributed by atoms with Crippen LogP contribution < -0.4 is 0 Å². The number of ether oxygens (including phenoxy) is 1. The molecule has 24 heavy (non-hydrogen) atoms. The predicted octanol–water partition coefficient (Wildman–Crippen LogP) is 4.21. The van der Waals surface area contributed by atoms with E-state index < -0.39 is 23.8 Å². The molecular formula is C17H17ClFNO4. The Kier molecular flexibility index (Phi) is 5.08. The molecular weight excluding hydrogens is 337 g/mol. The summed E-state index contributed by atoms with van der Waals surface area (Å²) in [6, 6.07) is 4.11. The van der Waals surface area contributed by atoms with Crippen LogP contribution in [0.1, 0.15) is 36.9 Å². The van der Waals surface area contributed by atoms with Crippen LogP contribution in [0.2, 0.25) is 5.02 Å². The predicted molar refractivity (Wildman–Crippen MR) is 86.4 cm³/mol. The molecule has 0 bridgehead atoms. The Morgan fingerprint density at radius 2 is 2.00 bits per heavy atom. The Balaban J connectivity index is 2.34. The van der Waals surface area contributed by atoms with Crippen molar-refractivity contribution in [3.63, 3.8) is 0 Å². The molecule has 0 atom stereocenters. The van der Waals surface area contributed by atoms with Crippen LogP contribution in [0.3, 0.4) is 0 Å². The minimum Gasteiger partial charge on any atom is -0.454 e. The van der Waals surface area contributed by atoms with Crippen molar-refractivity contribution in [3.05, 3.63) is 40.4 Å². The SMILES string of the molecule is Cc1onc(-c2c(F)cccc2Cl)c1C(=O)OCC(=O)C(C)(C)C. The zero-order valence-electron chi connectivity index (χ0n) is 13.8. The number of benzene rings is 1. The molecule has 0 aliphatic heterocycles. The Labute approximate surface area is 143 Å². The summed E-state index contributed by atoms with van der Waals surface area (Å²) in [7, 11) is 0. The molecule has 0 unspecified atom stereocenters. The number of halogens is 2. The van der Waals surface area contributed by atoms with Crippen LogP contribution in [0.15, 0.2) is 22.7 Å². The molecule has 0 saturated heterocycles. The van der Waals surface area contributed by atoms with Gasteiger partial charge >= 0.3 is 5.97 Å². The fourth-order valence-corrected chi connectivity index (χ4v) is 2.18. The number of aryl methyl sites for hydroxylation is 1. The van der Waals surface area contributed by atoms with Gasteiger partial charge in [-0.15, -0.1) is 0 Å². The second-order valence-corrected chi connectivity index (χ2v) is 6.72. The van der Waals surface area contributed by atoms with Crippen molar-refractivity contribution in [1.82, 2.24) is 5.16 Å². The average molecular weight is 354 g/mol. The molecule has 5 nitrogen and oxygen atoms in total. The van der Waals surface area contributed by atoms with Crippen LogP contribution >= 0.6 is 11.6 Å². The fourth-order valence-electron chi connectivity index (χ4n) is 1.93. The zero-order valence-corrected chi connectivity index (χ0v) is 14.5. The largest absolute Gasteiger partial charge is 0.454 e. The van der Waals surface area contributed by atoms with E-state index in [-0.39, 0.29) is 33.4 Å². The first-order valence-corrected chi connectivity index (χ1v) is 7.61. The van der Waals surface area contributed by atoms with E-state index in [4.69, 9.17) is 20.9 Å². The summed E-state index contributed by atoms with van der Waals surface area (Å²) in [4.78, 5) is 24.2. The van der Waals surface area contributed by atoms with E-state index in [1.165, 1.54) is 25.1 Å². The van der Waals surface area contributed by atoms with Crippen LogP contribution in [-0.4, -0.2) is 23.5 Å². The van der Waals surface area contributed by atoms with Gasteiger partial charge in [-0.05, 0) is 19.1 Å². The van der Waals surface area contributed by atoms with Crippen molar-refractivity contribution in [2.45, 2.75) is 27.7 Å². The number of hydrogen-bond acceptors (Lipinski definition) is 5. The van der Waals surface area contributed by atoms with E-state index in [2.05, 4.69) is 5.16 Å². The van der Waals surface area contributed by atoms with E-state index in [0.29, 0.717) is 0 Å². The van der Waals surface area contributed by atoms with E-state index in [0.717, 1.165) is 0 Å². The Hall–Kier alpha value is -2.21. The van der Waals surface area contributed by atoms with Gasteiger partial charge in [-0.1, -0.05) is 43.6 Å². The van der Waals surface area contributed by atoms with Crippen LogP contribution in [0.4, 0.5) is 4.39 Å². The number of hydrogen-bond donors (Lipinski definition) is 0. The topological polar surface area (TPSA) is 69.4 Å². The van der Waals surface area contributed by atoms with E-state index >= 15 is 0 Å². The highest BCUT2D eigenvalue weighted by Gasteiger charge is 2.28. The van der Waals surface area contributed by atoms with Crippen molar-refractivity contribution in [2.24, 2.45) is 5.41 Å². The van der Waals surface area contributed by atoms with Crippen molar-refractivity contribution < 1.29 is 23.2 Å². The lowest BCUT2D eigenvalue weighted by Crippen LogP contribution is -2.26. The molecule has 128 valence electrons. The van der Waals surface area contributed by atoms with Crippen LogP contribution in [0.25, 0.3) is 11.3 Å². The van der Waals surface area contributed by atoms with Gasteiger partial charge in [-0.25, -0.2) is 9.18 Å². The number of rotatable bonds is 4. The Morgan fingerprint density at radius 3 is 2.58 bits per heavy atom. The molecule has 0 amide bonds. The van der Waals surface area contributed by atoms with Crippen molar-refractivity contribution in [1.29, 1.82) is 0 Å². The third-order valence-corrected chi connectivity index (χ3v) is 3.75. The van der Waals surface area contributed by atoms with Crippen molar-refractivity contribution >= 4 is 23.4 Å². The number of ketones is 1. The minimum atomic E-state index is -0.819. The van der Waals surface area contributed by atoms with Gasteiger partial charge in [0.05, 0.1) is 10.6 Å². The molecule has 0 N–H and O–H groups in total. The maximum Gasteiger partial charge on any atom is 0.344 e. The molecule has 0 fully saturated rings. The van der Waals surface area contributed by atoms with Gasteiger partial charge in [-0.3, -0.25) is 4.79 Å². The minimum absolute atomic E-state index is 0.0508. The summed E-state index contributed by atoms with van der Waals surface area (Å²) in [5.74, 6) is -1.55. The summed E-state index contributed by atoms with van der Waals surface area (Å²) >= 11 is 6.01. The second-order valence-electron chi connectivity index (χ2n) is 6.31. The van der Waals surface area contributed by atoms with Crippen molar-refractivity contribution in [2.75, 3.05) is 6.61 Å². The highest BCUT2D eigenvalue weighted by atomic mass is 35.5. The fraction of sp³-hybridized carbons (Fsp3) is 0.353. The van der Waals surface area contributed by atoms with Gasteiger partial charge in [0.2, 0.25) is 0 Å². The quantitative estimate of drug-likeness (QED) is 0.770. The molecule has 0 aliphatic carbocycles. The van der Waals surface area contributed by atoms with Crippen LogP contribution in [-0.2, 0) is 9.53 Å². The van der Waals surface area contributed by atoms with Gasteiger partial charge < -0.3 is 9.26 Å². The lowest BCUT2D eigenvalue weighted by atomic mass is 9.91. The molecule has 0 saturated carbocycles. The molecule has 0 aliphatic rings. The van der Waals surface area contributed by atoms with Crippen LogP contribution in [0.5, 0.6) is 0 Å². The monoisotopic (exact) mass is 353 g/mol. The molecule has 1 aromatic carbocycles. The van der Waals surface area contributed by atoms with Crippen molar-refractivity contribution in [3.8, 4) is 11.3 Å². The molecule has 0 radical (unpaired) electrons. The zero-order chi connectivity index (χ0) is 18.1. The first kappa shape index (κ1) is 18.1. The van der Waals surface area contributed by atoms with Gasteiger partial charge in [0.25, 0.3) is 0 Å². The number of carbonyl (C=O) groups excluding carboxylic acids is 2. The van der Waals surface area contributed by atoms with Crippen LogP contribution in [0, 0.1) is 18.2 Å². The lowest BCUT2D eigenvalue weighted by molar-refractivity contribution is -0.129. The smallest absolute Gasteiger partial charge is 0.344 e. The summed E-state index contributed by atoms with van der Waals surface area (Å²) in [5.41, 5.74) is -0.792. The van der Waals surface area contributed by atoms with E-state index in [1.807, 2.05) is 0 Å². The first-order chi connectivity index (χ1) is 11.1. The number of nitrogens with zero attached hydrogens (tertiary/aromatic N) is 1. The highest BCUT2D eigenvalue weighted by molar-refractivity contribution is 6.33. The second kappa shape index (κ2) is 6.73. The van der Waals surface area contributed by atoms with Gasteiger partial charge in [-0.2, -0.15) is 0 Å². The van der Waals surface area contributed by atoms with Gasteiger partial charge in [0, 0.05) is 5.41 Å². The lowest BCUT2D eigenvalue weighted by Gasteiger charge is -2.16. The van der Waals surface area contributed by atoms with Gasteiger partial charge in [0.1, 0.15) is 22.8 Å². The first-order valence-electron chi connectivity index (χ1n) is 7.24. The summed E-state index contributed by atoms with van der Waals surface area (Å²) in [6.07, 6.45) is 0. The highest BCUT2D eigenvalue weighted by Crippen LogP contribution is 2.33. The normalized spacial score (nSPS) is 11.4. The maximum absolute atomic E-state index is 14.1. The maximum atomic E-state index is 14.1. The van der Waals surface area contributed by atoms with Gasteiger partial charge in [0.15, 0.2) is 12.4 Å². The molecule has 0 spiro atoms. The molecule has 1 heterocycles. The number of carbonyl (C=O) groups is 2.